The number of thiophene rings is 1. The molecule has 0 radical (unpaired) electrons. The molecule has 1 aromatic carbocycles. The lowest BCUT2D eigenvalue weighted by Crippen LogP contribution is -2.18. The number of aryl methyl sites for hydroxylation is 1. The standard InChI is InChI=1S/C24H23N3O3S/c1-15-16(2)31-24(27-23(28)19-11-8-14-30-19)21(15)22(26-20-12-6-7-13-25-20)17-9-4-5-10-18(17)29-3/h4-14,22H,1-3H3,(H,25,26)(H,27,28)/t22-/m1/s1. The zero-order valence-corrected chi connectivity index (χ0v) is 18.3. The molecule has 0 fully saturated rings. The maximum absolute atomic E-state index is 12.7. The molecule has 0 saturated carbocycles. The van der Waals surface area contributed by atoms with Crippen molar-refractivity contribution in [3.8, 4) is 5.75 Å². The van der Waals surface area contributed by atoms with E-state index in [1.807, 2.05) is 49.4 Å². The molecule has 4 aromatic rings. The van der Waals surface area contributed by atoms with Crippen LogP contribution in [0.4, 0.5) is 10.8 Å². The first kappa shape index (κ1) is 20.7. The topological polar surface area (TPSA) is 76.4 Å². The zero-order chi connectivity index (χ0) is 21.8. The van der Waals surface area contributed by atoms with E-state index in [9.17, 15) is 4.79 Å². The highest BCUT2D eigenvalue weighted by molar-refractivity contribution is 7.16. The average molecular weight is 434 g/mol. The molecule has 2 N–H and O–H groups in total. The number of aromatic nitrogens is 1. The van der Waals surface area contributed by atoms with Crippen LogP contribution in [0.5, 0.6) is 5.75 Å². The molecule has 0 bridgehead atoms. The summed E-state index contributed by atoms with van der Waals surface area (Å²) in [4.78, 5) is 18.3. The molecule has 0 spiro atoms. The third kappa shape index (κ3) is 4.32. The van der Waals surface area contributed by atoms with E-state index in [4.69, 9.17) is 9.15 Å². The third-order valence-electron chi connectivity index (χ3n) is 5.10. The summed E-state index contributed by atoms with van der Waals surface area (Å²) < 4.78 is 10.9. The number of para-hydroxylation sites is 1. The summed E-state index contributed by atoms with van der Waals surface area (Å²) in [5, 5.41) is 7.32. The van der Waals surface area contributed by atoms with Crippen LogP contribution in [-0.4, -0.2) is 18.0 Å². The van der Waals surface area contributed by atoms with Crippen molar-refractivity contribution in [1.29, 1.82) is 0 Å². The number of rotatable bonds is 7. The Balaban J connectivity index is 1.82. The number of nitrogens with one attached hydrogen (secondary N) is 2. The number of furan rings is 1. The second kappa shape index (κ2) is 9.06. The summed E-state index contributed by atoms with van der Waals surface area (Å²) in [6.45, 7) is 4.11. The Hall–Kier alpha value is -3.58. The Morgan fingerprint density at radius 2 is 1.90 bits per heavy atom. The van der Waals surface area contributed by atoms with Crippen LogP contribution < -0.4 is 15.4 Å². The Labute approximate surface area is 184 Å². The number of amides is 1. The summed E-state index contributed by atoms with van der Waals surface area (Å²) in [5.41, 5.74) is 3.02. The van der Waals surface area contributed by atoms with Gasteiger partial charge in [0.2, 0.25) is 0 Å². The average Bonchev–Trinajstić information content (AvgIpc) is 3.42. The predicted octanol–water partition coefficient (Wildman–Crippen LogP) is 5.82. The van der Waals surface area contributed by atoms with Crippen molar-refractivity contribution in [1.82, 2.24) is 4.98 Å². The molecule has 0 saturated heterocycles. The highest BCUT2D eigenvalue weighted by Crippen LogP contribution is 2.43. The number of ether oxygens (including phenoxy) is 1. The predicted molar refractivity (Wildman–Crippen MR) is 123 cm³/mol. The number of anilines is 2. The molecule has 7 heteroatoms. The van der Waals surface area contributed by atoms with Crippen LogP contribution >= 0.6 is 11.3 Å². The van der Waals surface area contributed by atoms with Gasteiger partial charge in [-0.1, -0.05) is 24.3 Å². The van der Waals surface area contributed by atoms with E-state index in [1.165, 1.54) is 17.6 Å². The lowest BCUT2D eigenvalue weighted by molar-refractivity contribution is 0.0997. The number of methoxy groups -OCH3 is 1. The van der Waals surface area contributed by atoms with Crippen LogP contribution in [0, 0.1) is 13.8 Å². The van der Waals surface area contributed by atoms with Gasteiger partial charge in [0.25, 0.3) is 5.91 Å². The van der Waals surface area contributed by atoms with Crippen molar-refractivity contribution in [2.75, 3.05) is 17.7 Å². The third-order valence-corrected chi connectivity index (χ3v) is 6.24. The van der Waals surface area contributed by atoms with Gasteiger partial charge in [-0.2, -0.15) is 0 Å². The number of hydrogen-bond donors (Lipinski definition) is 2. The van der Waals surface area contributed by atoms with E-state index in [1.54, 1.807) is 25.4 Å². The first-order chi connectivity index (χ1) is 15.1. The summed E-state index contributed by atoms with van der Waals surface area (Å²) >= 11 is 1.54. The summed E-state index contributed by atoms with van der Waals surface area (Å²) in [6.07, 6.45) is 3.23. The van der Waals surface area contributed by atoms with E-state index in [2.05, 4.69) is 22.5 Å². The van der Waals surface area contributed by atoms with Gasteiger partial charge in [-0.15, -0.1) is 11.3 Å². The monoisotopic (exact) mass is 433 g/mol. The molecule has 1 amide bonds. The molecule has 1 atom stereocenters. The largest absolute Gasteiger partial charge is 0.496 e. The molecule has 0 aliphatic heterocycles. The molecule has 0 aliphatic carbocycles. The van der Waals surface area contributed by atoms with Crippen molar-refractivity contribution in [3.05, 3.63) is 94.4 Å². The summed E-state index contributed by atoms with van der Waals surface area (Å²) in [5.74, 6) is 1.46. The number of pyridine rings is 1. The van der Waals surface area contributed by atoms with Gasteiger partial charge in [-0.25, -0.2) is 4.98 Å². The fraction of sp³-hybridized carbons (Fsp3) is 0.167. The molecular formula is C24H23N3O3S. The molecule has 3 aromatic heterocycles. The Kier molecular flexibility index (Phi) is 6.04. The van der Waals surface area contributed by atoms with E-state index < -0.39 is 0 Å². The Morgan fingerprint density at radius 1 is 1.10 bits per heavy atom. The highest BCUT2D eigenvalue weighted by Gasteiger charge is 2.27. The number of hydrogen-bond acceptors (Lipinski definition) is 6. The second-order valence-corrected chi connectivity index (χ2v) is 8.22. The highest BCUT2D eigenvalue weighted by atomic mass is 32.1. The second-order valence-electron chi connectivity index (χ2n) is 6.99. The number of benzene rings is 1. The lowest BCUT2D eigenvalue weighted by atomic mass is 9.95. The van der Waals surface area contributed by atoms with Crippen LogP contribution in [0.25, 0.3) is 0 Å². The maximum atomic E-state index is 12.7. The minimum Gasteiger partial charge on any atom is -0.496 e. The fourth-order valence-electron chi connectivity index (χ4n) is 3.46. The van der Waals surface area contributed by atoms with Gasteiger partial charge >= 0.3 is 0 Å². The van der Waals surface area contributed by atoms with Crippen molar-refractivity contribution in [3.63, 3.8) is 0 Å². The summed E-state index contributed by atoms with van der Waals surface area (Å²) in [7, 11) is 1.65. The van der Waals surface area contributed by atoms with Crippen LogP contribution in [0.2, 0.25) is 0 Å². The van der Waals surface area contributed by atoms with Crippen LogP contribution in [0.3, 0.4) is 0 Å². The molecule has 31 heavy (non-hydrogen) atoms. The minimum absolute atomic E-state index is 0.265. The zero-order valence-electron chi connectivity index (χ0n) is 17.5. The normalized spacial score (nSPS) is 11.7. The van der Waals surface area contributed by atoms with Crippen molar-refractivity contribution >= 4 is 28.1 Å². The van der Waals surface area contributed by atoms with Gasteiger partial charge in [-0.05, 0) is 49.7 Å². The quantitative estimate of drug-likeness (QED) is 0.384. The Morgan fingerprint density at radius 3 is 2.61 bits per heavy atom. The first-order valence-electron chi connectivity index (χ1n) is 9.83. The van der Waals surface area contributed by atoms with E-state index in [0.29, 0.717) is 0 Å². The van der Waals surface area contributed by atoms with Crippen LogP contribution in [-0.2, 0) is 0 Å². The van der Waals surface area contributed by atoms with Gasteiger partial charge in [0.05, 0.1) is 19.4 Å². The van der Waals surface area contributed by atoms with Crippen molar-refractivity contribution in [2.45, 2.75) is 19.9 Å². The van der Waals surface area contributed by atoms with Crippen LogP contribution in [0.15, 0.2) is 71.5 Å². The van der Waals surface area contributed by atoms with E-state index in [0.717, 1.165) is 38.1 Å². The summed E-state index contributed by atoms with van der Waals surface area (Å²) in [6, 6.07) is 16.6. The van der Waals surface area contributed by atoms with Gasteiger partial charge in [0, 0.05) is 22.2 Å². The van der Waals surface area contributed by atoms with E-state index in [-0.39, 0.29) is 17.7 Å². The van der Waals surface area contributed by atoms with Gasteiger partial charge in [0.15, 0.2) is 5.76 Å². The minimum atomic E-state index is -0.289. The number of nitrogens with zero attached hydrogens (tertiary/aromatic N) is 1. The molecule has 158 valence electrons. The van der Waals surface area contributed by atoms with E-state index >= 15 is 0 Å². The molecule has 4 rings (SSSR count). The maximum Gasteiger partial charge on any atom is 0.291 e. The lowest BCUT2D eigenvalue weighted by Gasteiger charge is -2.24. The van der Waals surface area contributed by atoms with Gasteiger partial charge < -0.3 is 19.8 Å². The van der Waals surface area contributed by atoms with Gasteiger partial charge in [0.1, 0.15) is 16.6 Å². The molecule has 3 heterocycles. The molecule has 0 unspecified atom stereocenters. The first-order valence-corrected chi connectivity index (χ1v) is 10.7. The molecular weight excluding hydrogens is 410 g/mol. The smallest absolute Gasteiger partial charge is 0.291 e. The number of carbonyl (C=O) groups excluding carboxylic acids is 1. The van der Waals surface area contributed by atoms with Crippen molar-refractivity contribution < 1.29 is 13.9 Å². The Bertz CT molecular complexity index is 1170. The SMILES string of the molecule is COc1ccccc1[C@@H](Nc1ccccn1)c1c(NC(=O)c2ccco2)sc(C)c1C. The molecule has 0 aliphatic rings. The number of carbonyl (C=O) groups is 1. The molecule has 6 nitrogen and oxygen atoms in total. The fourth-order valence-corrected chi connectivity index (χ4v) is 4.56. The van der Waals surface area contributed by atoms with Crippen molar-refractivity contribution in [2.24, 2.45) is 0 Å². The van der Waals surface area contributed by atoms with Crippen LogP contribution in [0.1, 0.15) is 38.2 Å². The van der Waals surface area contributed by atoms with Gasteiger partial charge in [-0.3, -0.25) is 4.79 Å².